The van der Waals surface area contributed by atoms with Crippen molar-refractivity contribution in [1.29, 1.82) is 0 Å². The van der Waals surface area contributed by atoms with E-state index in [1.54, 1.807) is 18.2 Å². The first-order valence-corrected chi connectivity index (χ1v) is 14.7. The molecule has 4 rings (SSSR count). The Morgan fingerprint density at radius 3 is 1.12 bits per heavy atom. The van der Waals surface area contributed by atoms with Crippen LogP contribution in [-0.4, -0.2) is 0 Å². The zero-order valence-electron chi connectivity index (χ0n) is 32.4. The number of benzene rings is 4. The lowest BCUT2D eigenvalue weighted by atomic mass is 10.0. The molecular formula is C36H44Cl4. The lowest BCUT2D eigenvalue weighted by Gasteiger charge is -2.03. The van der Waals surface area contributed by atoms with E-state index in [1.165, 1.54) is 5.56 Å². The van der Waals surface area contributed by atoms with Gasteiger partial charge in [0.25, 0.3) is 0 Å². The first-order valence-electron chi connectivity index (χ1n) is 17.2. The van der Waals surface area contributed by atoms with Crippen molar-refractivity contribution in [2.75, 3.05) is 0 Å². The minimum atomic E-state index is -0.156. The van der Waals surface area contributed by atoms with Crippen LogP contribution in [0.5, 0.6) is 0 Å². The molecule has 0 heterocycles. The quantitative estimate of drug-likeness (QED) is 0.211. The van der Waals surface area contributed by atoms with Gasteiger partial charge in [0, 0.05) is 20.1 Å². The van der Waals surface area contributed by atoms with Gasteiger partial charge in [-0.25, -0.2) is 0 Å². The average molecular weight is 627 g/mol. The van der Waals surface area contributed by atoms with E-state index in [-0.39, 0.29) is 70.2 Å². The van der Waals surface area contributed by atoms with Gasteiger partial charge in [0.1, 0.15) is 0 Å². The molecule has 0 nitrogen and oxygen atoms in total. The molecule has 4 aromatic rings. The fraction of sp³-hybridized carbons (Fsp3) is 0.333. The molecule has 4 heteroatoms. The Bertz CT molecular complexity index is 1600. The summed E-state index contributed by atoms with van der Waals surface area (Å²) in [5.74, 6) is 1.17. The maximum atomic E-state index is 7.63. The van der Waals surface area contributed by atoms with Gasteiger partial charge in [-0.05, 0) is 94.3 Å². The van der Waals surface area contributed by atoms with E-state index in [0.29, 0.717) is 22.4 Å². The highest BCUT2D eigenvalue weighted by molar-refractivity contribution is 6.31. The van der Waals surface area contributed by atoms with E-state index in [2.05, 4.69) is 26.0 Å². The van der Waals surface area contributed by atoms with Gasteiger partial charge in [-0.15, -0.1) is 0 Å². The second-order valence-corrected chi connectivity index (χ2v) is 11.8. The zero-order valence-corrected chi connectivity index (χ0v) is 27.5. The third-order valence-electron chi connectivity index (χ3n) is 5.48. The first kappa shape index (κ1) is 24.6. The Kier molecular flexibility index (Phi) is 11.8. The number of hydrogen-bond donors (Lipinski definition) is 0. The van der Waals surface area contributed by atoms with E-state index < -0.39 is 0 Å². The molecule has 0 aliphatic heterocycles. The first-order chi connectivity index (χ1) is 22.1. The summed E-state index contributed by atoms with van der Waals surface area (Å²) < 4.78 is 60.2. The highest BCUT2D eigenvalue weighted by Crippen LogP contribution is 2.19. The summed E-state index contributed by atoms with van der Waals surface area (Å²) in [4.78, 5) is 0. The Hall–Kier alpha value is -1.96. The highest BCUT2D eigenvalue weighted by Gasteiger charge is 1.98. The van der Waals surface area contributed by atoms with E-state index in [1.807, 2.05) is 59.7 Å². The normalized spacial score (nSPS) is 13.2. The Balaban J connectivity index is 0.000000322. The van der Waals surface area contributed by atoms with Gasteiger partial charge in [0.2, 0.25) is 0 Å². The number of halogens is 4. The lowest BCUT2D eigenvalue weighted by molar-refractivity contribution is 0.867. The van der Waals surface area contributed by atoms with Gasteiger partial charge in [0.15, 0.2) is 0 Å². The van der Waals surface area contributed by atoms with Crippen molar-refractivity contribution in [3.8, 4) is 0 Å². The van der Waals surface area contributed by atoms with Crippen LogP contribution in [0.1, 0.15) is 112 Å². The van der Waals surface area contributed by atoms with Gasteiger partial charge in [-0.1, -0.05) is 150 Å². The van der Waals surface area contributed by atoms with Crippen LogP contribution in [0.2, 0.25) is 20.1 Å². The summed E-state index contributed by atoms with van der Waals surface area (Å²) in [5.41, 5.74) is 3.63. The summed E-state index contributed by atoms with van der Waals surface area (Å²) in [7, 11) is 0. The standard InChI is InChI=1S/4C9H11Cl/c4*1-7(2)8-3-5-9(10)6-4-8/h4*3-7H,1-2H3/i3D,4D,5D,6D;5D,6D;3D,5D;. The molecule has 0 unspecified atom stereocenters. The second-order valence-electron chi connectivity index (χ2n) is 10.2. The topological polar surface area (TPSA) is 0 Å². The molecular weight excluding hydrogens is 574 g/mol. The largest absolute Gasteiger partial charge is 0.0843 e. The van der Waals surface area contributed by atoms with Gasteiger partial charge < -0.3 is 0 Å². The fourth-order valence-electron chi connectivity index (χ4n) is 2.87. The van der Waals surface area contributed by atoms with Crippen molar-refractivity contribution in [1.82, 2.24) is 0 Å². The molecule has 4 aromatic carbocycles. The van der Waals surface area contributed by atoms with Crippen molar-refractivity contribution in [2.24, 2.45) is 0 Å². The van der Waals surface area contributed by atoms with Crippen LogP contribution in [0.15, 0.2) is 96.9 Å². The van der Waals surface area contributed by atoms with Crippen LogP contribution in [0.25, 0.3) is 0 Å². The van der Waals surface area contributed by atoms with Gasteiger partial charge in [0.05, 0.1) is 11.0 Å². The maximum Gasteiger partial charge on any atom is 0.0639 e. The molecule has 0 spiro atoms. The van der Waals surface area contributed by atoms with Crippen LogP contribution in [0, 0.1) is 0 Å². The summed E-state index contributed by atoms with van der Waals surface area (Å²) in [6.45, 7) is 16.1. The Morgan fingerprint density at radius 2 is 0.675 bits per heavy atom. The summed E-state index contributed by atoms with van der Waals surface area (Å²) >= 11 is 22.7. The maximum absolute atomic E-state index is 7.63. The van der Waals surface area contributed by atoms with E-state index >= 15 is 0 Å². The molecule has 0 aromatic heterocycles. The molecule has 0 bridgehead atoms. The fourth-order valence-corrected chi connectivity index (χ4v) is 3.31. The van der Waals surface area contributed by atoms with Crippen LogP contribution in [0.3, 0.4) is 0 Å². The summed E-state index contributed by atoms with van der Waals surface area (Å²) in [5, 5.41) is 1.29. The van der Waals surface area contributed by atoms with Crippen LogP contribution < -0.4 is 0 Å². The summed E-state index contributed by atoms with van der Waals surface area (Å²) in [6.07, 6.45) is 0. The van der Waals surface area contributed by atoms with Crippen molar-refractivity contribution >= 4 is 46.4 Å². The van der Waals surface area contributed by atoms with E-state index in [0.717, 1.165) is 16.1 Å². The molecule has 216 valence electrons. The van der Waals surface area contributed by atoms with E-state index in [9.17, 15) is 0 Å². The zero-order chi connectivity index (χ0) is 37.2. The second kappa shape index (κ2) is 19.2. The molecule has 0 saturated carbocycles. The number of rotatable bonds is 4. The minimum absolute atomic E-state index is 0.0361. The van der Waals surface area contributed by atoms with Gasteiger partial charge in [-0.2, -0.15) is 0 Å². The highest BCUT2D eigenvalue weighted by atomic mass is 35.5. The molecule has 0 aliphatic carbocycles. The van der Waals surface area contributed by atoms with Crippen molar-refractivity contribution in [2.45, 2.75) is 79.1 Å². The number of hydrogen-bond acceptors (Lipinski definition) is 0. The lowest BCUT2D eigenvalue weighted by Crippen LogP contribution is -1.84. The van der Waals surface area contributed by atoms with Gasteiger partial charge >= 0.3 is 0 Å². The SMILES string of the molecule is CC(C)c1ccc(Cl)cc1.[2H]c1c(Cl)ccc(C(C)C)c1[2H].[2H]c1c([2H])c(C(C)C)c([2H])c([2H])c1Cl.[2H]c1cc(C(C)C)cc([2H])c1Cl. The predicted octanol–water partition coefficient (Wildman–Crippen LogP) is 13.9. The molecule has 0 radical (unpaired) electrons. The Morgan fingerprint density at radius 1 is 0.350 bits per heavy atom. The summed E-state index contributed by atoms with van der Waals surface area (Å²) in [6, 6.07) is 15.4. The minimum Gasteiger partial charge on any atom is -0.0843 e. The van der Waals surface area contributed by atoms with Gasteiger partial charge in [-0.3, -0.25) is 0 Å². The predicted molar refractivity (Wildman–Crippen MR) is 182 cm³/mol. The van der Waals surface area contributed by atoms with E-state index in [4.69, 9.17) is 57.4 Å². The molecule has 0 saturated heterocycles. The average Bonchev–Trinajstić information content (AvgIpc) is 3.01. The molecule has 0 N–H and O–H groups in total. The third-order valence-corrected chi connectivity index (χ3v) is 6.36. The van der Waals surface area contributed by atoms with Crippen LogP contribution in [-0.2, 0) is 0 Å². The third kappa shape index (κ3) is 15.2. The molecule has 0 fully saturated rings. The monoisotopic (exact) mass is 624 g/mol. The molecule has 40 heavy (non-hydrogen) atoms. The van der Waals surface area contributed by atoms with Crippen LogP contribution in [0.4, 0.5) is 0 Å². The van der Waals surface area contributed by atoms with Crippen molar-refractivity contribution < 1.29 is 11.0 Å². The molecule has 0 atom stereocenters. The van der Waals surface area contributed by atoms with Crippen LogP contribution >= 0.6 is 46.4 Å². The van der Waals surface area contributed by atoms with Crippen molar-refractivity contribution in [3.63, 3.8) is 0 Å². The smallest absolute Gasteiger partial charge is 0.0639 e. The van der Waals surface area contributed by atoms with Crippen molar-refractivity contribution in [3.05, 3.63) is 139 Å². The molecule has 0 amide bonds. The molecule has 0 aliphatic rings. The Labute approximate surface area is 274 Å².